The van der Waals surface area contributed by atoms with Crippen LogP contribution in [0.5, 0.6) is 5.75 Å². The molecule has 0 saturated carbocycles. The molecular formula is C6H3N3O. The van der Waals surface area contributed by atoms with Gasteiger partial charge < -0.3 is 4.84 Å². The van der Waals surface area contributed by atoms with Crippen molar-refractivity contribution in [3.63, 3.8) is 0 Å². The van der Waals surface area contributed by atoms with Crippen molar-refractivity contribution in [2.45, 2.75) is 0 Å². The first-order valence-corrected chi connectivity index (χ1v) is 2.98. The van der Waals surface area contributed by atoms with Gasteiger partial charge in [0.1, 0.15) is 5.52 Å². The van der Waals surface area contributed by atoms with Gasteiger partial charge in [0.2, 0.25) is 0 Å². The average Bonchev–Trinajstić information content (AvgIpc) is 2.44. The van der Waals surface area contributed by atoms with E-state index in [1.165, 1.54) is 4.85 Å². The van der Waals surface area contributed by atoms with E-state index in [0.717, 1.165) is 16.8 Å². The van der Waals surface area contributed by atoms with Crippen LogP contribution in [0.3, 0.4) is 0 Å². The molecule has 48 valence electrons. The Hall–Kier alpha value is -1.58. The highest BCUT2D eigenvalue weighted by Gasteiger charge is 2.18. The van der Waals surface area contributed by atoms with Crippen molar-refractivity contribution in [1.29, 1.82) is 0 Å². The molecule has 1 aromatic heterocycles. The van der Waals surface area contributed by atoms with Gasteiger partial charge in [-0.2, -0.15) is 0 Å². The minimum atomic E-state index is 0.799. The van der Waals surface area contributed by atoms with Crippen molar-refractivity contribution in [3.8, 4) is 5.75 Å². The standard InChI is InChI=1S/C6H3N3O/c1-2-4-6-5(3-1)10-9(4)8-7-6/h1-3H. The highest BCUT2D eigenvalue weighted by atomic mass is 16.7. The molecule has 4 bridgehead atoms. The topological polar surface area (TPSA) is 39.9 Å². The summed E-state index contributed by atoms with van der Waals surface area (Å²) in [5, 5.41) is 7.59. The van der Waals surface area contributed by atoms with Crippen LogP contribution in [-0.2, 0) is 0 Å². The zero-order chi connectivity index (χ0) is 6.55. The highest BCUT2D eigenvalue weighted by Crippen LogP contribution is 2.28. The third-order valence-corrected chi connectivity index (χ3v) is 1.59. The van der Waals surface area contributed by atoms with E-state index >= 15 is 0 Å². The van der Waals surface area contributed by atoms with Gasteiger partial charge in [0.25, 0.3) is 0 Å². The Labute approximate surface area is 56.0 Å². The number of hydrogen-bond donors (Lipinski definition) is 0. The van der Waals surface area contributed by atoms with E-state index in [0.29, 0.717) is 0 Å². The molecule has 0 spiro atoms. The maximum absolute atomic E-state index is 5.18. The van der Waals surface area contributed by atoms with Crippen molar-refractivity contribution < 1.29 is 4.84 Å². The minimum Gasteiger partial charge on any atom is -0.354 e. The Morgan fingerprint density at radius 3 is 3.20 bits per heavy atom. The summed E-state index contributed by atoms with van der Waals surface area (Å²) < 4.78 is 0. The molecule has 0 aliphatic carbocycles. The summed E-state index contributed by atoms with van der Waals surface area (Å²) in [6.45, 7) is 0. The fourth-order valence-electron chi connectivity index (χ4n) is 1.13. The van der Waals surface area contributed by atoms with E-state index in [-0.39, 0.29) is 0 Å². The van der Waals surface area contributed by atoms with Crippen LogP contribution < -0.4 is 4.84 Å². The molecule has 0 radical (unpaired) electrons. The monoisotopic (exact) mass is 133 g/mol. The molecule has 2 aromatic rings. The van der Waals surface area contributed by atoms with Crippen molar-refractivity contribution in [3.05, 3.63) is 18.2 Å². The van der Waals surface area contributed by atoms with Gasteiger partial charge in [-0.05, 0) is 17.3 Å². The fraction of sp³-hybridized carbons (Fsp3) is 0. The van der Waals surface area contributed by atoms with Crippen LogP contribution in [0.4, 0.5) is 0 Å². The van der Waals surface area contributed by atoms with Gasteiger partial charge in [0.15, 0.2) is 11.3 Å². The summed E-state index contributed by atoms with van der Waals surface area (Å²) in [6, 6.07) is 5.72. The van der Waals surface area contributed by atoms with Crippen LogP contribution >= 0.6 is 0 Å². The van der Waals surface area contributed by atoms with Crippen LogP contribution in [0.15, 0.2) is 18.2 Å². The lowest BCUT2D eigenvalue weighted by Gasteiger charge is -1.95. The van der Waals surface area contributed by atoms with Gasteiger partial charge in [-0.1, -0.05) is 10.9 Å². The van der Waals surface area contributed by atoms with Gasteiger partial charge in [0, 0.05) is 0 Å². The van der Waals surface area contributed by atoms with Crippen LogP contribution in [0.2, 0.25) is 0 Å². The smallest absolute Gasteiger partial charge is 0.187 e. The predicted octanol–water partition coefficient (Wildman–Crippen LogP) is 0.587. The molecule has 0 N–H and O–H groups in total. The van der Waals surface area contributed by atoms with Crippen molar-refractivity contribution in [2.24, 2.45) is 0 Å². The molecule has 1 aliphatic heterocycles. The van der Waals surface area contributed by atoms with Crippen LogP contribution in [-0.4, -0.2) is 15.2 Å². The lowest BCUT2D eigenvalue weighted by molar-refractivity contribution is 0.188. The van der Waals surface area contributed by atoms with E-state index in [2.05, 4.69) is 10.3 Å². The number of benzene rings is 1. The third-order valence-electron chi connectivity index (χ3n) is 1.59. The van der Waals surface area contributed by atoms with E-state index in [9.17, 15) is 0 Å². The Balaban J connectivity index is 2.73. The van der Waals surface area contributed by atoms with Crippen molar-refractivity contribution >= 4 is 11.0 Å². The second-order valence-electron chi connectivity index (χ2n) is 2.18. The van der Waals surface area contributed by atoms with Crippen molar-refractivity contribution in [1.82, 2.24) is 15.2 Å². The normalized spacial score (nSPS) is 12.8. The summed E-state index contributed by atoms with van der Waals surface area (Å²) in [7, 11) is 0. The van der Waals surface area contributed by atoms with Crippen molar-refractivity contribution in [2.75, 3.05) is 0 Å². The number of aromatic nitrogens is 3. The van der Waals surface area contributed by atoms with E-state index < -0.39 is 0 Å². The molecule has 4 nitrogen and oxygen atoms in total. The third kappa shape index (κ3) is 0.292. The van der Waals surface area contributed by atoms with Gasteiger partial charge >= 0.3 is 0 Å². The summed E-state index contributed by atoms with van der Waals surface area (Å²) in [5.41, 5.74) is 1.79. The summed E-state index contributed by atoms with van der Waals surface area (Å²) in [6.07, 6.45) is 0. The summed E-state index contributed by atoms with van der Waals surface area (Å²) in [4.78, 5) is 6.60. The first-order chi connectivity index (χ1) is 4.95. The molecule has 1 aliphatic rings. The molecule has 0 saturated heterocycles. The second kappa shape index (κ2) is 1.13. The highest BCUT2D eigenvalue weighted by molar-refractivity contribution is 5.83. The maximum atomic E-state index is 5.18. The largest absolute Gasteiger partial charge is 0.354 e. The minimum absolute atomic E-state index is 0.799. The Bertz CT molecular complexity index is 406. The SMILES string of the molecule is c1cc2c3nnn(c3c1)O2. The van der Waals surface area contributed by atoms with Gasteiger partial charge in [-0.25, -0.2) is 0 Å². The second-order valence-corrected chi connectivity index (χ2v) is 2.18. The molecule has 0 fully saturated rings. The Morgan fingerprint density at radius 2 is 2.40 bits per heavy atom. The summed E-state index contributed by atoms with van der Waals surface area (Å²) >= 11 is 0. The maximum Gasteiger partial charge on any atom is 0.187 e. The molecule has 10 heavy (non-hydrogen) atoms. The van der Waals surface area contributed by atoms with Gasteiger partial charge in [0.05, 0.1) is 0 Å². The lowest BCUT2D eigenvalue weighted by Crippen LogP contribution is -2.04. The summed E-state index contributed by atoms with van der Waals surface area (Å²) in [5.74, 6) is 0.799. The molecule has 0 unspecified atom stereocenters. The zero-order valence-corrected chi connectivity index (χ0v) is 4.98. The molecule has 3 rings (SSSR count). The quantitative estimate of drug-likeness (QED) is 0.450. The van der Waals surface area contributed by atoms with Crippen LogP contribution in [0, 0.1) is 0 Å². The molecule has 4 heteroatoms. The Morgan fingerprint density at radius 1 is 1.40 bits per heavy atom. The molecule has 1 aromatic carbocycles. The fourth-order valence-corrected chi connectivity index (χ4v) is 1.13. The van der Waals surface area contributed by atoms with Crippen LogP contribution in [0.1, 0.15) is 0 Å². The molecule has 2 heterocycles. The van der Waals surface area contributed by atoms with E-state index in [1.54, 1.807) is 0 Å². The molecular weight excluding hydrogens is 130 g/mol. The number of rotatable bonds is 0. The molecule has 0 atom stereocenters. The Kier molecular flexibility index (Phi) is 0.484. The number of hydrogen-bond acceptors (Lipinski definition) is 3. The van der Waals surface area contributed by atoms with Crippen LogP contribution in [0.25, 0.3) is 11.0 Å². The van der Waals surface area contributed by atoms with E-state index in [4.69, 9.17) is 4.84 Å². The average molecular weight is 133 g/mol. The predicted molar refractivity (Wildman–Crippen MR) is 33.6 cm³/mol. The lowest BCUT2D eigenvalue weighted by atomic mass is 10.3. The van der Waals surface area contributed by atoms with Gasteiger partial charge in [-0.3, -0.25) is 0 Å². The molecule has 0 amide bonds. The first-order valence-electron chi connectivity index (χ1n) is 2.98. The van der Waals surface area contributed by atoms with Gasteiger partial charge in [-0.15, -0.1) is 5.10 Å². The first kappa shape index (κ1) is 4.27. The van der Waals surface area contributed by atoms with E-state index in [1.807, 2.05) is 18.2 Å². The number of nitrogens with zero attached hydrogens (tertiary/aromatic N) is 3. The zero-order valence-electron chi connectivity index (χ0n) is 4.98.